The van der Waals surface area contributed by atoms with E-state index < -0.39 is 0 Å². The van der Waals surface area contributed by atoms with E-state index in [0.29, 0.717) is 22.6 Å². The molecule has 4 nitrogen and oxygen atoms in total. The van der Waals surface area contributed by atoms with Gasteiger partial charge in [-0.25, -0.2) is 4.98 Å². The van der Waals surface area contributed by atoms with Crippen molar-refractivity contribution >= 4 is 17.1 Å². The summed E-state index contributed by atoms with van der Waals surface area (Å²) in [6.07, 6.45) is 0.733. The molecule has 0 aliphatic rings. The second kappa shape index (κ2) is 4.41. The molecule has 0 spiro atoms. The molecule has 0 bridgehead atoms. The Morgan fingerprint density at radius 2 is 1.82 bits per heavy atom. The molecule has 1 aromatic carbocycles. The predicted octanol–water partition coefficient (Wildman–Crippen LogP) is 2.37. The van der Waals surface area contributed by atoms with Gasteiger partial charge in [-0.05, 0) is 25.1 Å². The van der Waals surface area contributed by atoms with E-state index in [0.717, 1.165) is 17.4 Å². The summed E-state index contributed by atoms with van der Waals surface area (Å²) in [7, 11) is 3.16. The molecule has 0 aliphatic carbocycles. The minimum atomic E-state index is 0.371. The largest absolute Gasteiger partial charge is 0.496 e. The molecule has 2 aromatic rings. The number of pyridine rings is 1. The smallest absolute Gasteiger partial charge is 0.169 e. The van der Waals surface area contributed by atoms with Gasteiger partial charge in [-0.3, -0.25) is 4.79 Å². The van der Waals surface area contributed by atoms with Gasteiger partial charge in [0.2, 0.25) is 0 Å². The molecule has 0 aliphatic heterocycles. The maximum atomic E-state index is 11.1. The molecule has 2 rings (SSSR count). The number of aldehydes is 1. The number of carbonyl (C=O) groups is 1. The molecule has 0 saturated heterocycles. The fourth-order valence-corrected chi connectivity index (χ4v) is 1.91. The first kappa shape index (κ1) is 11.4. The molecular weight excluding hydrogens is 218 g/mol. The van der Waals surface area contributed by atoms with Crippen LogP contribution >= 0.6 is 0 Å². The third-order valence-corrected chi connectivity index (χ3v) is 2.62. The molecule has 0 fully saturated rings. The van der Waals surface area contributed by atoms with Gasteiger partial charge in [-0.1, -0.05) is 0 Å². The summed E-state index contributed by atoms with van der Waals surface area (Å²) in [5, 5.41) is 1.52. The Kier molecular flexibility index (Phi) is 2.95. The molecule has 1 heterocycles. The van der Waals surface area contributed by atoms with Crippen LogP contribution in [-0.2, 0) is 0 Å². The molecule has 1 aromatic heterocycles. The monoisotopic (exact) mass is 231 g/mol. The molecule has 17 heavy (non-hydrogen) atoms. The van der Waals surface area contributed by atoms with Gasteiger partial charge >= 0.3 is 0 Å². The number of methoxy groups -OCH3 is 2. The van der Waals surface area contributed by atoms with Gasteiger partial charge in [0, 0.05) is 11.1 Å². The minimum Gasteiger partial charge on any atom is -0.496 e. The highest BCUT2D eigenvalue weighted by atomic mass is 16.5. The normalized spacial score (nSPS) is 10.3. The standard InChI is InChI=1S/C13H13NO3/c1-8-6-9-11(16-2)4-5-12(17-3)13(9)10(7-15)14-8/h4-7H,1-3H3. The van der Waals surface area contributed by atoms with E-state index in [1.807, 2.05) is 19.1 Å². The number of nitrogens with zero attached hydrogens (tertiary/aromatic N) is 1. The zero-order valence-corrected chi connectivity index (χ0v) is 9.98. The zero-order chi connectivity index (χ0) is 12.4. The number of hydrogen-bond acceptors (Lipinski definition) is 4. The van der Waals surface area contributed by atoms with Crippen LogP contribution in [0.2, 0.25) is 0 Å². The summed E-state index contributed by atoms with van der Waals surface area (Å²) in [6, 6.07) is 5.46. The number of rotatable bonds is 3. The van der Waals surface area contributed by atoms with Crippen LogP contribution in [0.1, 0.15) is 16.2 Å². The Labute approximate surface area is 99.2 Å². The van der Waals surface area contributed by atoms with Crippen LogP contribution in [0.3, 0.4) is 0 Å². The van der Waals surface area contributed by atoms with Crippen LogP contribution in [0.4, 0.5) is 0 Å². The average molecular weight is 231 g/mol. The topological polar surface area (TPSA) is 48.4 Å². The first-order valence-electron chi connectivity index (χ1n) is 5.18. The molecule has 0 radical (unpaired) electrons. The molecule has 0 N–H and O–H groups in total. The van der Waals surface area contributed by atoms with E-state index in [4.69, 9.17) is 9.47 Å². The van der Waals surface area contributed by atoms with Crippen LogP contribution in [0.25, 0.3) is 10.8 Å². The second-order valence-corrected chi connectivity index (χ2v) is 3.66. The van der Waals surface area contributed by atoms with Gasteiger partial charge in [-0.2, -0.15) is 0 Å². The highest BCUT2D eigenvalue weighted by molar-refractivity contribution is 6.03. The molecule has 0 unspecified atom stereocenters. The van der Waals surface area contributed by atoms with E-state index in [1.54, 1.807) is 20.3 Å². The molecule has 0 saturated carbocycles. The van der Waals surface area contributed by atoms with Crippen molar-refractivity contribution in [2.24, 2.45) is 0 Å². The fourth-order valence-electron chi connectivity index (χ4n) is 1.91. The van der Waals surface area contributed by atoms with Gasteiger partial charge in [0.1, 0.15) is 17.2 Å². The van der Waals surface area contributed by atoms with Gasteiger partial charge in [-0.15, -0.1) is 0 Å². The average Bonchev–Trinajstić information content (AvgIpc) is 2.36. The lowest BCUT2D eigenvalue weighted by molar-refractivity contribution is 0.112. The van der Waals surface area contributed by atoms with Crippen molar-refractivity contribution in [3.8, 4) is 11.5 Å². The van der Waals surface area contributed by atoms with E-state index in [1.165, 1.54) is 0 Å². The summed E-state index contributed by atoms with van der Waals surface area (Å²) in [5.41, 5.74) is 1.14. The van der Waals surface area contributed by atoms with E-state index >= 15 is 0 Å². The number of benzene rings is 1. The van der Waals surface area contributed by atoms with Gasteiger partial charge in [0.25, 0.3) is 0 Å². The van der Waals surface area contributed by atoms with Gasteiger partial charge in [0.05, 0.1) is 19.6 Å². The summed E-state index contributed by atoms with van der Waals surface area (Å²) in [5.74, 6) is 1.32. The molecule has 88 valence electrons. The lowest BCUT2D eigenvalue weighted by Gasteiger charge is -2.11. The first-order valence-corrected chi connectivity index (χ1v) is 5.18. The van der Waals surface area contributed by atoms with Crippen LogP contribution < -0.4 is 9.47 Å². The number of aromatic nitrogens is 1. The Balaban J connectivity index is 2.94. The summed E-state index contributed by atoms with van der Waals surface area (Å²) < 4.78 is 10.5. The summed E-state index contributed by atoms with van der Waals surface area (Å²) in [4.78, 5) is 15.3. The summed E-state index contributed by atoms with van der Waals surface area (Å²) >= 11 is 0. The van der Waals surface area contributed by atoms with Crippen LogP contribution in [0.15, 0.2) is 18.2 Å². The van der Waals surface area contributed by atoms with Crippen molar-refractivity contribution in [2.75, 3.05) is 14.2 Å². The Morgan fingerprint density at radius 1 is 1.18 bits per heavy atom. The van der Waals surface area contributed by atoms with E-state index in [9.17, 15) is 4.79 Å². The third-order valence-electron chi connectivity index (χ3n) is 2.62. The number of hydrogen-bond donors (Lipinski definition) is 0. The van der Waals surface area contributed by atoms with Crippen molar-refractivity contribution in [2.45, 2.75) is 6.92 Å². The van der Waals surface area contributed by atoms with Crippen molar-refractivity contribution < 1.29 is 14.3 Å². The van der Waals surface area contributed by atoms with Gasteiger partial charge in [0.15, 0.2) is 6.29 Å². The van der Waals surface area contributed by atoms with Crippen LogP contribution in [0, 0.1) is 6.92 Å². The predicted molar refractivity (Wildman–Crippen MR) is 65.0 cm³/mol. The maximum absolute atomic E-state index is 11.1. The first-order chi connectivity index (χ1) is 8.21. The Bertz CT molecular complexity index is 578. The van der Waals surface area contributed by atoms with Crippen LogP contribution in [0.5, 0.6) is 11.5 Å². The molecule has 0 amide bonds. The Hall–Kier alpha value is -2.10. The van der Waals surface area contributed by atoms with Gasteiger partial charge < -0.3 is 9.47 Å². The van der Waals surface area contributed by atoms with Crippen LogP contribution in [-0.4, -0.2) is 25.5 Å². The van der Waals surface area contributed by atoms with Crippen molar-refractivity contribution in [3.05, 3.63) is 29.6 Å². The second-order valence-electron chi connectivity index (χ2n) is 3.66. The van der Waals surface area contributed by atoms with E-state index in [2.05, 4.69) is 4.98 Å². The quantitative estimate of drug-likeness (QED) is 0.761. The zero-order valence-electron chi connectivity index (χ0n) is 9.98. The Morgan fingerprint density at radius 3 is 2.41 bits per heavy atom. The van der Waals surface area contributed by atoms with Crippen molar-refractivity contribution in [1.29, 1.82) is 0 Å². The lowest BCUT2D eigenvalue weighted by atomic mass is 10.1. The molecule has 0 atom stereocenters. The number of aryl methyl sites for hydroxylation is 1. The highest BCUT2D eigenvalue weighted by Crippen LogP contribution is 2.34. The number of fused-ring (bicyclic) bond motifs is 1. The van der Waals surface area contributed by atoms with Crippen molar-refractivity contribution in [3.63, 3.8) is 0 Å². The number of carbonyl (C=O) groups excluding carboxylic acids is 1. The minimum absolute atomic E-state index is 0.371. The molecule has 4 heteroatoms. The van der Waals surface area contributed by atoms with Crippen molar-refractivity contribution in [1.82, 2.24) is 4.98 Å². The summed E-state index contributed by atoms with van der Waals surface area (Å²) in [6.45, 7) is 1.84. The SMILES string of the molecule is COc1ccc(OC)c2c(C=O)nc(C)cc12. The number of ether oxygens (including phenoxy) is 2. The highest BCUT2D eigenvalue weighted by Gasteiger charge is 2.13. The molecular formula is C13H13NO3. The fraction of sp³-hybridized carbons (Fsp3) is 0.231. The maximum Gasteiger partial charge on any atom is 0.169 e. The van der Waals surface area contributed by atoms with E-state index in [-0.39, 0.29) is 0 Å². The third kappa shape index (κ3) is 1.82. The lowest BCUT2D eigenvalue weighted by Crippen LogP contribution is -1.97.